The van der Waals surface area contributed by atoms with Crippen molar-refractivity contribution >= 4 is 23.1 Å². The van der Waals surface area contributed by atoms with Gasteiger partial charge < -0.3 is 15.8 Å². The van der Waals surface area contributed by atoms with E-state index >= 15 is 0 Å². The first kappa shape index (κ1) is 14.6. The van der Waals surface area contributed by atoms with Crippen molar-refractivity contribution in [3.63, 3.8) is 0 Å². The molecule has 0 aromatic heterocycles. The van der Waals surface area contributed by atoms with Crippen LogP contribution in [0.25, 0.3) is 0 Å². The zero-order chi connectivity index (χ0) is 13.5. The van der Waals surface area contributed by atoms with Gasteiger partial charge in [0, 0.05) is 19.2 Å². The molecule has 0 bridgehead atoms. The number of rotatable bonds is 6. The number of anilines is 1. The van der Waals surface area contributed by atoms with E-state index in [4.69, 9.17) is 22.5 Å². The quantitative estimate of drug-likeness (QED) is 0.274. The predicted molar refractivity (Wildman–Crippen MR) is 76.8 cm³/mol. The van der Waals surface area contributed by atoms with Crippen molar-refractivity contribution in [2.45, 2.75) is 26.2 Å². The second-order valence-electron chi connectivity index (χ2n) is 4.28. The third-order valence-electron chi connectivity index (χ3n) is 2.86. The van der Waals surface area contributed by atoms with Crippen LogP contribution >= 0.6 is 11.6 Å². The fourth-order valence-electron chi connectivity index (χ4n) is 1.75. The molecule has 0 fully saturated rings. The first-order valence-corrected chi connectivity index (χ1v) is 6.46. The zero-order valence-corrected chi connectivity index (χ0v) is 11.6. The Balaban J connectivity index is 2.78. The summed E-state index contributed by atoms with van der Waals surface area (Å²) in [6.07, 6.45) is 3.56. The lowest BCUT2D eigenvalue weighted by molar-refractivity contribution is 0.318. The maximum atomic E-state index is 8.61. The van der Waals surface area contributed by atoms with Gasteiger partial charge in [0.2, 0.25) is 0 Å². The number of hydrogen-bond acceptors (Lipinski definition) is 3. The number of nitrogens with zero attached hydrogens (tertiary/aromatic N) is 2. The van der Waals surface area contributed by atoms with Crippen LogP contribution in [0.3, 0.4) is 0 Å². The Bertz CT molecular complexity index is 421. The van der Waals surface area contributed by atoms with Crippen LogP contribution in [0.2, 0.25) is 5.02 Å². The Morgan fingerprint density at radius 3 is 2.72 bits per heavy atom. The highest BCUT2D eigenvalue weighted by atomic mass is 35.5. The minimum absolute atomic E-state index is 0.0667. The van der Waals surface area contributed by atoms with Crippen molar-refractivity contribution in [3.8, 4) is 0 Å². The second kappa shape index (κ2) is 7.11. The molecule has 0 saturated carbocycles. The minimum atomic E-state index is 0.0667. The van der Waals surface area contributed by atoms with E-state index in [0.29, 0.717) is 10.6 Å². The number of benzene rings is 1. The molecule has 0 aliphatic rings. The third kappa shape index (κ3) is 3.81. The number of amidine groups is 1. The van der Waals surface area contributed by atoms with E-state index in [1.165, 1.54) is 12.8 Å². The maximum absolute atomic E-state index is 8.61. The maximum Gasteiger partial charge on any atom is 0.170 e. The van der Waals surface area contributed by atoms with Crippen molar-refractivity contribution in [2.75, 3.05) is 18.5 Å². The average Bonchev–Trinajstić information content (AvgIpc) is 2.37. The summed E-state index contributed by atoms with van der Waals surface area (Å²) in [5.41, 5.74) is 7.09. The molecule has 18 heavy (non-hydrogen) atoms. The van der Waals surface area contributed by atoms with E-state index in [0.717, 1.165) is 18.7 Å². The molecule has 0 spiro atoms. The van der Waals surface area contributed by atoms with Gasteiger partial charge in [0.1, 0.15) is 0 Å². The fourth-order valence-corrected chi connectivity index (χ4v) is 2.08. The SMILES string of the molecule is CCCCCN(C)c1ccc(C(N)=NO)cc1Cl. The first-order valence-electron chi connectivity index (χ1n) is 6.08. The summed E-state index contributed by atoms with van der Waals surface area (Å²) in [6, 6.07) is 5.40. The smallest absolute Gasteiger partial charge is 0.170 e. The van der Waals surface area contributed by atoms with Gasteiger partial charge >= 0.3 is 0 Å². The van der Waals surface area contributed by atoms with Crippen molar-refractivity contribution < 1.29 is 5.21 Å². The predicted octanol–water partition coefficient (Wildman–Crippen LogP) is 3.06. The summed E-state index contributed by atoms with van der Waals surface area (Å²) in [5.74, 6) is 0.0667. The van der Waals surface area contributed by atoms with Crippen LogP contribution in [0.1, 0.15) is 31.7 Å². The molecule has 0 atom stereocenters. The molecule has 1 rings (SSSR count). The average molecular weight is 270 g/mol. The summed E-state index contributed by atoms with van der Waals surface area (Å²) in [6.45, 7) is 3.15. The van der Waals surface area contributed by atoms with Gasteiger partial charge in [-0.3, -0.25) is 0 Å². The van der Waals surface area contributed by atoms with Crippen LogP contribution in [0.4, 0.5) is 5.69 Å². The Kier molecular flexibility index (Phi) is 5.78. The third-order valence-corrected chi connectivity index (χ3v) is 3.16. The number of hydrogen-bond donors (Lipinski definition) is 2. The molecule has 0 unspecified atom stereocenters. The highest BCUT2D eigenvalue weighted by molar-refractivity contribution is 6.33. The highest BCUT2D eigenvalue weighted by Crippen LogP contribution is 2.26. The van der Waals surface area contributed by atoms with Crippen LogP contribution in [0.15, 0.2) is 23.4 Å². The van der Waals surface area contributed by atoms with Gasteiger partial charge in [-0.25, -0.2) is 0 Å². The van der Waals surface area contributed by atoms with Crippen molar-refractivity contribution in [3.05, 3.63) is 28.8 Å². The Morgan fingerprint density at radius 1 is 1.44 bits per heavy atom. The molecule has 4 nitrogen and oxygen atoms in total. The lowest BCUT2D eigenvalue weighted by Crippen LogP contribution is -2.19. The number of unbranched alkanes of at least 4 members (excludes halogenated alkanes) is 2. The molecule has 0 amide bonds. The van der Waals surface area contributed by atoms with E-state index in [1.807, 2.05) is 13.1 Å². The van der Waals surface area contributed by atoms with Gasteiger partial charge in [-0.15, -0.1) is 0 Å². The molecule has 0 aliphatic carbocycles. The van der Waals surface area contributed by atoms with E-state index in [-0.39, 0.29) is 5.84 Å². The molecule has 0 saturated heterocycles. The monoisotopic (exact) mass is 269 g/mol. The molecule has 3 N–H and O–H groups in total. The van der Waals surface area contributed by atoms with Gasteiger partial charge in [-0.2, -0.15) is 0 Å². The van der Waals surface area contributed by atoms with Gasteiger partial charge in [0.25, 0.3) is 0 Å². The van der Waals surface area contributed by atoms with Gasteiger partial charge in [0.15, 0.2) is 5.84 Å². The number of halogens is 1. The van der Waals surface area contributed by atoms with E-state index < -0.39 is 0 Å². The number of nitrogens with two attached hydrogens (primary N) is 1. The van der Waals surface area contributed by atoms with E-state index in [1.54, 1.807) is 12.1 Å². The summed E-state index contributed by atoms with van der Waals surface area (Å²) in [5, 5.41) is 12.2. The van der Waals surface area contributed by atoms with Crippen LogP contribution in [-0.4, -0.2) is 24.6 Å². The number of oxime groups is 1. The summed E-state index contributed by atoms with van der Waals surface area (Å²) in [7, 11) is 2.01. The topological polar surface area (TPSA) is 61.8 Å². The zero-order valence-electron chi connectivity index (χ0n) is 10.9. The standard InChI is InChI=1S/C13H20ClN3O/c1-3-4-5-8-17(2)12-7-6-10(9-11(12)14)13(15)16-18/h6-7,9,18H,3-5,8H2,1-2H3,(H2,15,16). The molecular formula is C13H20ClN3O. The molecule has 0 radical (unpaired) electrons. The fraction of sp³-hybridized carbons (Fsp3) is 0.462. The van der Waals surface area contributed by atoms with Gasteiger partial charge in [-0.1, -0.05) is 36.5 Å². The minimum Gasteiger partial charge on any atom is -0.409 e. The molecular weight excluding hydrogens is 250 g/mol. The summed E-state index contributed by atoms with van der Waals surface area (Å²) in [4.78, 5) is 2.12. The van der Waals surface area contributed by atoms with E-state index in [2.05, 4.69) is 17.0 Å². The molecule has 0 heterocycles. The Labute approximate surface area is 113 Å². The largest absolute Gasteiger partial charge is 0.409 e. The van der Waals surface area contributed by atoms with E-state index in [9.17, 15) is 0 Å². The molecule has 1 aromatic carbocycles. The van der Waals surface area contributed by atoms with Crippen molar-refractivity contribution in [1.82, 2.24) is 0 Å². The normalized spacial score (nSPS) is 11.6. The Hall–Kier alpha value is -1.42. The molecule has 1 aromatic rings. The Morgan fingerprint density at radius 2 is 2.17 bits per heavy atom. The van der Waals surface area contributed by atoms with Gasteiger partial charge in [0.05, 0.1) is 10.7 Å². The lowest BCUT2D eigenvalue weighted by atomic mass is 10.1. The van der Waals surface area contributed by atoms with Crippen LogP contribution in [0, 0.1) is 0 Å². The van der Waals surface area contributed by atoms with Crippen molar-refractivity contribution in [1.29, 1.82) is 0 Å². The molecule has 0 aliphatic heterocycles. The van der Waals surface area contributed by atoms with Crippen LogP contribution in [0.5, 0.6) is 0 Å². The van der Waals surface area contributed by atoms with Crippen LogP contribution < -0.4 is 10.6 Å². The summed E-state index contributed by atoms with van der Waals surface area (Å²) < 4.78 is 0. The second-order valence-corrected chi connectivity index (χ2v) is 4.69. The first-order chi connectivity index (χ1) is 8.60. The van der Waals surface area contributed by atoms with Crippen LogP contribution in [-0.2, 0) is 0 Å². The van der Waals surface area contributed by atoms with Gasteiger partial charge in [-0.05, 0) is 24.6 Å². The summed E-state index contributed by atoms with van der Waals surface area (Å²) >= 11 is 6.20. The molecule has 5 heteroatoms. The highest BCUT2D eigenvalue weighted by Gasteiger charge is 2.08. The molecule has 100 valence electrons. The lowest BCUT2D eigenvalue weighted by Gasteiger charge is -2.20. The van der Waals surface area contributed by atoms with Crippen molar-refractivity contribution in [2.24, 2.45) is 10.9 Å².